The number of benzene rings is 1. The third-order valence-corrected chi connectivity index (χ3v) is 5.01. The predicted octanol–water partition coefficient (Wildman–Crippen LogP) is 4.70. The first-order valence-electron chi connectivity index (χ1n) is 9.84. The molecule has 30 heavy (non-hydrogen) atoms. The Labute approximate surface area is 172 Å². The highest BCUT2D eigenvalue weighted by Crippen LogP contribution is 2.34. The van der Waals surface area contributed by atoms with Crippen molar-refractivity contribution in [2.24, 2.45) is 0 Å². The zero-order valence-electron chi connectivity index (χ0n) is 16.8. The summed E-state index contributed by atoms with van der Waals surface area (Å²) in [5.74, 6) is 0.0186. The number of esters is 1. The fraction of sp³-hybridized carbons (Fsp3) is 0.476. The summed E-state index contributed by atoms with van der Waals surface area (Å²) in [6, 6.07) is 5.12. The van der Waals surface area contributed by atoms with E-state index in [-0.39, 0.29) is 24.5 Å². The molecule has 1 aromatic carbocycles. The van der Waals surface area contributed by atoms with Crippen LogP contribution in [0.25, 0.3) is 0 Å². The van der Waals surface area contributed by atoms with E-state index >= 15 is 0 Å². The topological polar surface area (TPSA) is 73.3 Å². The number of nitrogens with zero attached hydrogens (tertiary/aromatic N) is 2. The van der Waals surface area contributed by atoms with E-state index in [4.69, 9.17) is 9.47 Å². The number of anilines is 1. The summed E-state index contributed by atoms with van der Waals surface area (Å²) in [4.78, 5) is 20.1. The molecule has 0 unspecified atom stereocenters. The molecule has 2 aromatic rings. The van der Waals surface area contributed by atoms with Gasteiger partial charge in [0, 0.05) is 12.1 Å². The van der Waals surface area contributed by atoms with Crippen molar-refractivity contribution >= 4 is 11.8 Å². The Hall–Kier alpha value is -2.68. The predicted molar refractivity (Wildman–Crippen MR) is 104 cm³/mol. The van der Waals surface area contributed by atoms with Crippen molar-refractivity contribution in [3.8, 4) is 0 Å². The minimum Gasteiger partial charge on any atom is -0.461 e. The van der Waals surface area contributed by atoms with Crippen LogP contribution in [0.15, 0.2) is 30.6 Å². The van der Waals surface area contributed by atoms with Gasteiger partial charge in [0.1, 0.15) is 12.1 Å². The zero-order chi connectivity index (χ0) is 21.7. The molecule has 9 heteroatoms. The Bertz CT molecular complexity index is 872. The monoisotopic (exact) mass is 423 g/mol. The number of ether oxygens (including phenoxy) is 2. The van der Waals surface area contributed by atoms with Crippen LogP contribution < -0.4 is 5.32 Å². The second-order valence-corrected chi connectivity index (χ2v) is 7.09. The number of rotatable bonds is 6. The molecule has 0 amide bonds. The number of alkyl halides is 3. The number of nitrogens with one attached hydrogen (secondary N) is 1. The van der Waals surface area contributed by atoms with Crippen LogP contribution >= 0.6 is 0 Å². The number of halogens is 3. The largest absolute Gasteiger partial charge is 0.461 e. The van der Waals surface area contributed by atoms with Crippen molar-refractivity contribution < 1.29 is 27.4 Å². The van der Waals surface area contributed by atoms with E-state index in [1.807, 2.05) is 0 Å². The SMILES string of the molecule is CCOC(=O)c1ncnc(NC[C@@H]2CCC[C@H](c3ccc(C(F)(F)F)cc3)O2)c1C. The van der Waals surface area contributed by atoms with Gasteiger partial charge >= 0.3 is 12.1 Å². The molecule has 1 aromatic heterocycles. The van der Waals surface area contributed by atoms with Crippen molar-refractivity contribution in [3.63, 3.8) is 0 Å². The van der Waals surface area contributed by atoms with Crippen LogP contribution in [0.5, 0.6) is 0 Å². The number of carbonyl (C=O) groups excluding carboxylic acids is 1. The molecule has 2 atom stereocenters. The van der Waals surface area contributed by atoms with E-state index in [0.717, 1.165) is 37.0 Å². The quantitative estimate of drug-likeness (QED) is 0.679. The number of hydrogen-bond acceptors (Lipinski definition) is 6. The molecule has 1 N–H and O–H groups in total. The van der Waals surface area contributed by atoms with Crippen molar-refractivity contribution in [2.45, 2.75) is 51.5 Å². The maximum Gasteiger partial charge on any atom is 0.416 e. The van der Waals surface area contributed by atoms with Crippen LogP contribution in [0.2, 0.25) is 0 Å². The van der Waals surface area contributed by atoms with Crippen molar-refractivity contribution in [2.75, 3.05) is 18.5 Å². The number of hydrogen-bond donors (Lipinski definition) is 1. The van der Waals surface area contributed by atoms with Gasteiger partial charge in [-0.05, 0) is 50.8 Å². The van der Waals surface area contributed by atoms with Crippen LogP contribution in [-0.4, -0.2) is 35.2 Å². The molecule has 1 saturated heterocycles. The lowest BCUT2D eigenvalue weighted by atomic mass is 9.97. The summed E-state index contributed by atoms with van der Waals surface area (Å²) in [6.07, 6.45) is -0.972. The van der Waals surface area contributed by atoms with Crippen LogP contribution in [0, 0.1) is 6.92 Å². The Morgan fingerprint density at radius 1 is 1.23 bits per heavy atom. The van der Waals surface area contributed by atoms with Gasteiger partial charge in [0.25, 0.3) is 0 Å². The highest BCUT2D eigenvalue weighted by molar-refractivity contribution is 5.90. The first-order valence-corrected chi connectivity index (χ1v) is 9.84. The van der Waals surface area contributed by atoms with Crippen molar-refractivity contribution in [1.82, 2.24) is 9.97 Å². The van der Waals surface area contributed by atoms with E-state index in [1.165, 1.54) is 18.5 Å². The van der Waals surface area contributed by atoms with Crippen LogP contribution in [-0.2, 0) is 15.7 Å². The molecule has 1 aliphatic heterocycles. The summed E-state index contributed by atoms with van der Waals surface area (Å²) in [7, 11) is 0. The summed E-state index contributed by atoms with van der Waals surface area (Å²) >= 11 is 0. The number of aromatic nitrogens is 2. The lowest BCUT2D eigenvalue weighted by Crippen LogP contribution is -2.29. The zero-order valence-corrected chi connectivity index (χ0v) is 16.8. The average Bonchev–Trinajstić information content (AvgIpc) is 2.73. The summed E-state index contributed by atoms with van der Waals surface area (Å²) in [5, 5.41) is 3.19. The van der Waals surface area contributed by atoms with E-state index in [2.05, 4.69) is 15.3 Å². The van der Waals surface area contributed by atoms with Crippen LogP contribution in [0.4, 0.5) is 19.0 Å². The van der Waals surface area contributed by atoms with Gasteiger partial charge in [-0.1, -0.05) is 12.1 Å². The molecule has 0 bridgehead atoms. The summed E-state index contributed by atoms with van der Waals surface area (Å²) in [6.45, 7) is 4.17. The lowest BCUT2D eigenvalue weighted by Gasteiger charge is -2.31. The summed E-state index contributed by atoms with van der Waals surface area (Å²) in [5.41, 5.74) is 0.861. The molecule has 2 heterocycles. The molecular formula is C21H24F3N3O3. The summed E-state index contributed by atoms with van der Waals surface area (Å²) < 4.78 is 49.4. The van der Waals surface area contributed by atoms with E-state index in [1.54, 1.807) is 13.8 Å². The molecule has 0 spiro atoms. The first-order chi connectivity index (χ1) is 14.3. The number of carbonyl (C=O) groups is 1. The third-order valence-electron chi connectivity index (χ3n) is 5.01. The Balaban J connectivity index is 1.62. The molecule has 162 valence electrons. The van der Waals surface area contributed by atoms with Gasteiger partial charge in [-0.3, -0.25) is 0 Å². The minimum atomic E-state index is -4.35. The van der Waals surface area contributed by atoms with E-state index in [0.29, 0.717) is 17.9 Å². The van der Waals surface area contributed by atoms with Crippen LogP contribution in [0.1, 0.15) is 59.5 Å². The molecule has 3 rings (SSSR count). The highest BCUT2D eigenvalue weighted by Gasteiger charge is 2.31. The van der Waals surface area contributed by atoms with Gasteiger partial charge in [0.05, 0.1) is 24.4 Å². The lowest BCUT2D eigenvalue weighted by molar-refractivity contribution is -0.137. The molecule has 0 aliphatic carbocycles. The van der Waals surface area contributed by atoms with Crippen molar-refractivity contribution in [3.05, 3.63) is 53.0 Å². The van der Waals surface area contributed by atoms with Gasteiger partial charge in [0.15, 0.2) is 5.69 Å². The molecule has 1 aliphatic rings. The van der Waals surface area contributed by atoms with Gasteiger partial charge < -0.3 is 14.8 Å². The molecule has 0 radical (unpaired) electrons. The third kappa shape index (κ3) is 5.27. The highest BCUT2D eigenvalue weighted by atomic mass is 19.4. The van der Waals surface area contributed by atoms with E-state index in [9.17, 15) is 18.0 Å². The van der Waals surface area contributed by atoms with Gasteiger partial charge in [-0.25, -0.2) is 14.8 Å². The fourth-order valence-electron chi connectivity index (χ4n) is 3.43. The van der Waals surface area contributed by atoms with Crippen molar-refractivity contribution in [1.29, 1.82) is 0 Å². The van der Waals surface area contributed by atoms with Crippen LogP contribution in [0.3, 0.4) is 0 Å². The Morgan fingerprint density at radius 2 is 1.97 bits per heavy atom. The smallest absolute Gasteiger partial charge is 0.416 e. The van der Waals surface area contributed by atoms with E-state index < -0.39 is 17.7 Å². The average molecular weight is 423 g/mol. The minimum absolute atomic E-state index is 0.133. The second-order valence-electron chi connectivity index (χ2n) is 7.09. The molecule has 1 fully saturated rings. The standard InChI is InChI=1S/C21H24F3N3O3/c1-3-29-20(28)18-13(2)19(27-12-26-18)25-11-16-5-4-6-17(30-16)14-7-9-15(10-8-14)21(22,23)24/h7-10,12,16-17H,3-6,11H2,1-2H3,(H,25,26,27)/t16-,17+/m0/s1. The van der Waals surface area contributed by atoms with Gasteiger partial charge in [-0.2, -0.15) is 13.2 Å². The first kappa shape index (κ1) is 22.0. The fourth-order valence-corrected chi connectivity index (χ4v) is 3.43. The maximum absolute atomic E-state index is 12.8. The maximum atomic E-state index is 12.8. The van der Waals surface area contributed by atoms with Gasteiger partial charge in [0.2, 0.25) is 0 Å². The molecular weight excluding hydrogens is 399 g/mol. The Kier molecular flexibility index (Phi) is 6.91. The molecule has 6 nitrogen and oxygen atoms in total. The van der Waals surface area contributed by atoms with Gasteiger partial charge in [-0.15, -0.1) is 0 Å². The second kappa shape index (κ2) is 9.42. The Morgan fingerprint density at radius 3 is 2.63 bits per heavy atom. The normalized spacial score (nSPS) is 19.4. The molecule has 0 saturated carbocycles.